The molecule has 0 atom stereocenters. The number of nitro groups is 1. The van der Waals surface area contributed by atoms with Gasteiger partial charge in [-0.25, -0.2) is 4.79 Å². The molecule has 1 aromatic rings. The van der Waals surface area contributed by atoms with Crippen LogP contribution in [0.15, 0.2) is 18.2 Å². The van der Waals surface area contributed by atoms with Gasteiger partial charge in [-0.15, -0.1) is 0 Å². The van der Waals surface area contributed by atoms with E-state index in [1.807, 2.05) is 0 Å². The zero-order chi connectivity index (χ0) is 13.7. The van der Waals surface area contributed by atoms with Gasteiger partial charge in [0.2, 0.25) is 0 Å². The second kappa shape index (κ2) is 6.20. The summed E-state index contributed by atoms with van der Waals surface area (Å²) in [4.78, 5) is 21.3. The van der Waals surface area contributed by atoms with E-state index >= 15 is 0 Å². The summed E-state index contributed by atoms with van der Waals surface area (Å²) in [6, 6.07) is 2.80. The molecular weight excluding hydrogens is 254 g/mol. The largest absolute Gasteiger partial charge is 0.478 e. The topological polar surface area (TPSA) is 80.4 Å². The predicted molar refractivity (Wildman–Crippen MR) is 72.3 cm³/mol. The lowest BCUT2D eigenvalue weighted by molar-refractivity contribution is -0.385. The predicted octanol–water partition coefficient (Wildman–Crippen LogP) is 2.93. The molecule has 0 heterocycles. The summed E-state index contributed by atoms with van der Waals surface area (Å²) in [5.41, 5.74) is 0.445. The first-order valence-corrected chi connectivity index (χ1v) is 5.90. The van der Waals surface area contributed by atoms with Gasteiger partial charge in [-0.1, -0.05) is 12.2 Å². The Morgan fingerprint density at radius 2 is 2.22 bits per heavy atom. The molecule has 18 heavy (non-hydrogen) atoms. The van der Waals surface area contributed by atoms with Crippen LogP contribution >= 0.6 is 12.6 Å². The van der Waals surface area contributed by atoms with Crippen molar-refractivity contribution in [2.24, 2.45) is 0 Å². The van der Waals surface area contributed by atoms with Crippen LogP contribution in [0.3, 0.4) is 0 Å². The Kier molecular flexibility index (Phi) is 4.91. The number of thiol groups is 1. The van der Waals surface area contributed by atoms with Crippen LogP contribution in [0, 0.1) is 17.0 Å². The van der Waals surface area contributed by atoms with Crippen molar-refractivity contribution in [3.8, 4) is 0 Å². The summed E-state index contributed by atoms with van der Waals surface area (Å²) in [6.45, 7) is 1.43. The summed E-state index contributed by atoms with van der Waals surface area (Å²) < 4.78 is 0. The number of carboxylic acids is 1. The number of hydrogen-bond donors (Lipinski definition) is 2. The fourth-order valence-corrected chi connectivity index (χ4v) is 1.67. The molecule has 0 bridgehead atoms. The minimum Gasteiger partial charge on any atom is -0.478 e. The summed E-state index contributed by atoms with van der Waals surface area (Å²) in [6.07, 6.45) is 4.18. The molecular formula is C12H13NO4S. The average molecular weight is 267 g/mol. The molecule has 96 valence electrons. The van der Waals surface area contributed by atoms with Gasteiger partial charge in [0, 0.05) is 11.6 Å². The lowest BCUT2D eigenvalue weighted by Gasteiger charge is -2.04. The molecule has 0 fully saturated rings. The molecule has 5 nitrogen and oxygen atoms in total. The zero-order valence-electron chi connectivity index (χ0n) is 9.79. The van der Waals surface area contributed by atoms with Crippen LogP contribution in [-0.4, -0.2) is 21.8 Å². The number of carbonyl (C=O) groups is 1. The first-order chi connectivity index (χ1) is 8.47. The molecule has 0 saturated heterocycles. The molecule has 0 radical (unpaired) electrons. The highest BCUT2D eigenvalue weighted by Crippen LogP contribution is 2.24. The van der Waals surface area contributed by atoms with Gasteiger partial charge < -0.3 is 5.11 Å². The third-order valence-corrected chi connectivity index (χ3v) is 2.69. The molecule has 6 heteroatoms. The van der Waals surface area contributed by atoms with Gasteiger partial charge in [0.25, 0.3) is 5.69 Å². The van der Waals surface area contributed by atoms with Crippen molar-refractivity contribution < 1.29 is 14.8 Å². The number of rotatable bonds is 5. The number of allylic oxidation sites excluding steroid dienone is 1. The van der Waals surface area contributed by atoms with Crippen LogP contribution in [0.1, 0.15) is 27.9 Å². The quantitative estimate of drug-likeness (QED) is 0.488. The number of hydrogen-bond acceptors (Lipinski definition) is 4. The maximum atomic E-state index is 11.0. The molecule has 0 aliphatic carbocycles. The van der Waals surface area contributed by atoms with E-state index in [1.54, 1.807) is 12.2 Å². The zero-order valence-corrected chi connectivity index (χ0v) is 10.7. The molecule has 1 rings (SSSR count). The number of carboxylic acid groups (broad SMARTS) is 1. The summed E-state index contributed by atoms with van der Waals surface area (Å²) >= 11 is 4.04. The Balaban J connectivity index is 3.29. The number of aromatic carboxylic acids is 1. The van der Waals surface area contributed by atoms with E-state index in [-0.39, 0.29) is 16.8 Å². The van der Waals surface area contributed by atoms with E-state index in [9.17, 15) is 14.9 Å². The highest BCUT2D eigenvalue weighted by atomic mass is 32.1. The fraction of sp³-hybridized carbons (Fsp3) is 0.250. The van der Waals surface area contributed by atoms with Crippen LogP contribution in [0.2, 0.25) is 0 Å². The Hall–Kier alpha value is -1.82. The maximum absolute atomic E-state index is 11.0. The van der Waals surface area contributed by atoms with Crippen LogP contribution in [0.4, 0.5) is 5.69 Å². The molecule has 0 aliphatic heterocycles. The SMILES string of the molecule is Cc1c(C(=O)O)cc(C=CCCS)cc1[N+](=O)[O-]. The number of nitrogens with zero attached hydrogens (tertiary/aromatic N) is 1. The van der Waals surface area contributed by atoms with Gasteiger partial charge in [-0.3, -0.25) is 10.1 Å². The van der Waals surface area contributed by atoms with E-state index in [1.165, 1.54) is 19.1 Å². The second-order valence-electron chi connectivity index (χ2n) is 3.69. The smallest absolute Gasteiger partial charge is 0.336 e. The maximum Gasteiger partial charge on any atom is 0.336 e. The van der Waals surface area contributed by atoms with Crippen molar-refractivity contribution in [2.75, 3.05) is 5.75 Å². The lowest BCUT2D eigenvalue weighted by Crippen LogP contribution is -2.03. The van der Waals surface area contributed by atoms with Gasteiger partial charge >= 0.3 is 5.97 Å². The number of nitro benzene ring substituents is 1. The van der Waals surface area contributed by atoms with Gasteiger partial charge in [-0.05, 0) is 30.7 Å². The van der Waals surface area contributed by atoms with Crippen molar-refractivity contribution in [3.63, 3.8) is 0 Å². The molecule has 0 amide bonds. The Morgan fingerprint density at radius 1 is 1.56 bits per heavy atom. The number of benzene rings is 1. The first kappa shape index (κ1) is 14.2. The molecule has 0 aromatic heterocycles. The van der Waals surface area contributed by atoms with Crippen LogP contribution in [0.5, 0.6) is 0 Å². The van der Waals surface area contributed by atoms with E-state index in [4.69, 9.17) is 5.11 Å². The molecule has 0 unspecified atom stereocenters. The van der Waals surface area contributed by atoms with Gasteiger partial charge in [0.05, 0.1) is 10.5 Å². The standard InChI is InChI=1S/C12H13NO4S/c1-8-10(12(14)15)6-9(4-2-3-5-18)7-11(8)13(16)17/h2,4,6-7,18H,3,5H2,1H3,(H,14,15). The van der Waals surface area contributed by atoms with Gasteiger partial charge in [0.15, 0.2) is 0 Å². The first-order valence-electron chi connectivity index (χ1n) is 5.27. The van der Waals surface area contributed by atoms with Crippen molar-refractivity contribution in [3.05, 3.63) is 45.0 Å². The fourth-order valence-electron chi connectivity index (χ4n) is 1.52. The Labute approximate surface area is 110 Å². The van der Waals surface area contributed by atoms with E-state index in [0.29, 0.717) is 17.7 Å². The van der Waals surface area contributed by atoms with Gasteiger partial charge in [-0.2, -0.15) is 12.6 Å². The second-order valence-corrected chi connectivity index (χ2v) is 4.14. The van der Waals surface area contributed by atoms with Crippen LogP contribution < -0.4 is 0 Å². The summed E-state index contributed by atoms with van der Waals surface area (Å²) in [5, 5.41) is 19.9. The third-order valence-electron chi connectivity index (χ3n) is 2.44. The molecule has 0 saturated carbocycles. The normalized spacial score (nSPS) is 10.8. The van der Waals surface area contributed by atoms with E-state index in [0.717, 1.165) is 0 Å². The van der Waals surface area contributed by atoms with E-state index < -0.39 is 10.9 Å². The van der Waals surface area contributed by atoms with Gasteiger partial charge in [0.1, 0.15) is 0 Å². The molecule has 0 spiro atoms. The average Bonchev–Trinajstić information content (AvgIpc) is 2.30. The monoisotopic (exact) mass is 267 g/mol. The van der Waals surface area contributed by atoms with Crippen molar-refractivity contribution >= 4 is 30.4 Å². The Morgan fingerprint density at radius 3 is 2.72 bits per heavy atom. The minimum absolute atomic E-state index is 0.0466. The molecule has 0 aliphatic rings. The van der Waals surface area contributed by atoms with E-state index in [2.05, 4.69) is 12.6 Å². The lowest BCUT2D eigenvalue weighted by atomic mass is 10.0. The minimum atomic E-state index is -1.17. The van der Waals surface area contributed by atoms with Crippen molar-refractivity contribution in [1.29, 1.82) is 0 Å². The van der Waals surface area contributed by atoms with Crippen molar-refractivity contribution in [1.82, 2.24) is 0 Å². The van der Waals surface area contributed by atoms with Crippen LogP contribution in [0.25, 0.3) is 6.08 Å². The summed E-state index contributed by atoms with van der Waals surface area (Å²) in [5.74, 6) is -0.504. The van der Waals surface area contributed by atoms with Crippen molar-refractivity contribution in [2.45, 2.75) is 13.3 Å². The molecule has 1 aromatic carbocycles. The summed E-state index contributed by atoms with van der Waals surface area (Å²) in [7, 11) is 0. The third kappa shape index (κ3) is 3.33. The highest BCUT2D eigenvalue weighted by molar-refractivity contribution is 7.80. The molecule has 1 N–H and O–H groups in total. The van der Waals surface area contributed by atoms with Crippen LogP contribution in [-0.2, 0) is 0 Å². The Bertz CT molecular complexity index is 476. The highest BCUT2D eigenvalue weighted by Gasteiger charge is 2.19.